The van der Waals surface area contributed by atoms with E-state index >= 15 is 0 Å². The van der Waals surface area contributed by atoms with Gasteiger partial charge in [0.2, 0.25) is 0 Å². The van der Waals surface area contributed by atoms with Crippen molar-refractivity contribution in [3.8, 4) is 22.5 Å². The summed E-state index contributed by atoms with van der Waals surface area (Å²) < 4.78 is 52.7. The van der Waals surface area contributed by atoms with Gasteiger partial charge in [-0.3, -0.25) is 19.2 Å². The number of aliphatic hydroxyl groups excluding tert-OH is 4. The van der Waals surface area contributed by atoms with E-state index in [1.165, 1.54) is 54.9 Å². The molecular weight excluding hydrogens is 822 g/mol. The molecule has 0 unspecified atom stereocenters. The fourth-order valence-electron chi connectivity index (χ4n) is 6.48. The summed E-state index contributed by atoms with van der Waals surface area (Å²) >= 11 is 0.609. The molecule has 0 aliphatic carbocycles. The van der Waals surface area contributed by atoms with Crippen LogP contribution in [0.5, 0.6) is 0 Å². The summed E-state index contributed by atoms with van der Waals surface area (Å²) in [7, 11) is 0. The molecule has 10 atom stereocenters. The van der Waals surface area contributed by atoms with E-state index in [-0.39, 0.29) is 11.4 Å². The van der Waals surface area contributed by atoms with Crippen LogP contribution < -0.4 is 0 Å². The minimum absolute atomic E-state index is 0.133. The largest absolute Gasteiger partial charge is 0.481 e. The fourth-order valence-corrected chi connectivity index (χ4v) is 7.78. The first-order chi connectivity index (χ1) is 28.6. The molecule has 2 aromatic heterocycles. The highest BCUT2D eigenvalue weighted by Gasteiger charge is 2.53. The smallest absolute Gasteiger partial charge is 0.311 e. The molecule has 2 saturated heterocycles. The van der Waals surface area contributed by atoms with Crippen LogP contribution in [0.2, 0.25) is 0 Å². The van der Waals surface area contributed by atoms with Crippen LogP contribution in [0.3, 0.4) is 0 Å². The van der Waals surface area contributed by atoms with Crippen LogP contribution in [-0.4, -0.2) is 139 Å². The molecule has 4 aromatic rings. The molecule has 60 heavy (non-hydrogen) atoms. The SMILES string of the molecule is C=C(OC(=O)CCC(=O)O)[C@H]1O[C@@H](S[C@@H]2O[C@H](COC(=O)CCC(=O)O)[C@H](O)[C@H](n3cc(-c4cccc(F)c4)nn3)[C@H]2O)[C@H](O)[C@@H](n2cc(-c3cccc(F)c3)nn2)[C@H]1O. The molecule has 2 aromatic carbocycles. The number of aliphatic carboxylic acids is 2. The van der Waals surface area contributed by atoms with Crippen LogP contribution in [0.4, 0.5) is 8.78 Å². The Morgan fingerprint density at radius 3 is 1.73 bits per heavy atom. The number of nitrogens with zero attached hydrogens (tertiary/aromatic N) is 6. The predicted octanol–water partition coefficient (Wildman–Crippen LogP) is 1.22. The van der Waals surface area contributed by atoms with Crippen molar-refractivity contribution in [2.75, 3.05) is 6.61 Å². The molecule has 4 heterocycles. The van der Waals surface area contributed by atoms with Crippen molar-refractivity contribution < 1.29 is 77.5 Å². The van der Waals surface area contributed by atoms with Crippen LogP contribution in [-0.2, 0) is 38.1 Å². The van der Waals surface area contributed by atoms with Gasteiger partial charge in [-0.05, 0) is 24.3 Å². The first-order valence-corrected chi connectivity index (χ1v) is 19.1. The van der Waals surface area contributed by atoms with Gasteiger partial charge in [0.25, 0.3) is 0 Å². The molecule has 0 spiro atoms. The van der Waals surface area contributed by atoms with Crippen LogP contribution in [0.15, 0.2) is 73.3 Å². The second-order valence-electron chi connectivity index (χ2n) is 13.6. The van der Waals surface area contributed by atoms with Gasteiger partial charge in [-0.1, -0.05) is 53.0 Å². The Bertz CT molecular complexity index is 2210. The number of carboxylic acids is 2. The maximum atomic E-state index is 14.1. The van der Waals surface area contributed by atoms with Gasteiger partial charge in [-0.15, -0.1) is 10.2 Å². The van der Waals surface area contributed by atoms with Crippen LogP contribution >= 0.6 is 11.8 Å². The van der Waals surface area contributed by atoms with E-state index in [4.69, 9.17) is 29.2 Å². The van der Waals surface area contributed by atoms with Gasteiger partial charge < -0.3 is 49.6 Å². The quantitative estimate of drug-likeness (QED) is 0.0682. The topological polar surface area (TPSA) is 288 Å². The van der Waals surface area contributed by atoms with Crippen molar-refractivity contribution in [1.29, 1.82) is 0 Å². The number of esters is 2. The van der Waals surface area contributed by atoms with E-state index in [0.717, 1.165) is 9.36 Å². The molecule has 6 rings (SSSR count). The first-order valence-electron chi connectivity index (χ1n) is 18.1. The van der Waals surface area contributed by atoms with Crippen molar-refractivity contribution >= 4 is 35.6 Å². The molecular formula is C37H38F2N6O14S. The number of ether oxygens (including phenoxy) is 4. The fraction of sp³-hybridized carbons (Fsp3) is 0.405. The van der Waals surface area contributed by atoms with Crippen molar-refractivity contribution in [3.63, 3.8) is 0 Å². The second kappa shape index (κ2) is 19.1. The average Bonchev–Trinajstić information content (AvgIpc) is 3.89. The van der Waals surface area contributed by atoms with Gasteiger partial charge in [0.1, 0.15) is 95.0 Å². The maximum absolute atomic E-state index is 14.1. The van der Waals surface area contributed by atoms with Crippen LogP contribution in [0, 0.1) is 11.6 Å². The summed E-state index contributed by atoms with van der Waals surface area (Å²) in [6.45, 7) is 3.03. The van der Waals surface area contributed by atoms with Crippen molar-refractivity contribution in [2.45, 2.75) is 85.3 Å². The Labute approximate surface area is 341 Å². The summed E-state index contributed by atoms with van der Waals surface area (Å²) in [5, 5.41) is 80.9. The lowest BCUT2D eigenvalue weighted by atomic mass is 9.96. The third-order valence-corrected chi connectivity index (χ3v) is 10.8. The number of hydrogen-bond acceptors (Lipinski definition) is 17. The molecule has 2 aliphatic rings. The summed E-state index contributed by atoms with van der Waals surface area (Å²) in [4.78, 5) is 46.9. The molecule has 23 heteroatoms. The molecule has 0 saturated carbocycles. The molecule has 0 radical (unpaired) electrons. The molecule has 20 nitrogen and oxygen atoms in total. The zero-order valence-corrected chi connectivity index (χ0v) is 31.9. The molecule has 0 amide bonds. The summed E-state index contributed by atoms with van der Waals surface area (Å²) in [5.41, 5.74) is -2.18. The normalized spacial score (nSPS) is 26.6. The Morgan fingerprint density at radius 1 is 0.717 bits per heavy atom. The van der Waals surface area contributed by atoms with Gasteiger partial charge >= 0.3 is 23.9 Å². The number of benzene rings is 2. The van der Waals surface area contributed by atoms with Crippen molar-refractivity contribution in [2.24, 2.45) is 0 Å². The minimum atomic E-state index is -1.79. The number of carboxylic acid groups (broad SMARTS) is 2. The minimum Gasteiger partial charge on any atom is -0.481 e. The van der Waals surface area contributed by atoms with Gasteiger partial charge in [0.15, 0.2) is 0 Å². The summed E-state index contributed by atoms with van der Waals surface area (Å²) in [6, 6.07) is 7.81. The summed E-state index contributed by atoms with van der Waals surface area (Å²) in [5.74, 6) is -6.17. The Morgan fingerprint density at radius 2 is 1.22 bits per heavy atom. The van der Waals surface area contributed by atoms with Crippen LogP contribution in [0.25, 0.3) is 22.5 Å². The zero-order valence-electron chi connectivity index (χ0n) is 31.1. The lowest BCUT2D eigenvalue weighted by Gasteiger charge is -2.46. The third-order valence-electron chi connectivity index (χ3n) is 9.44. The molecule has 0 bridgehead atoms. The Balaban J connectivity index is 1.31. The van der Waals surface area contributed by atoms with Gasteiger partial charge in [-0.25, -0.2) is 18.1 Å². The third kappa shape index (κ3) is 10.4. The van der Waals surface area contributed by atoms with E-state index < -0.39 is 133 Å². The highest BCUT2D eigenvalue weighted by Crippen LogP contribution is 2.43. The number of hydrogen-bond donors (Lipinski definition) is 6. The second-order valence-corrected chi connectivity index (χ2v) is 14.8. The number of aliphatic hydroxyl groups is 4. The van der Waals surface area contributed by atoms with E-state index in [9.17, 15) is 48.4 Å². The van der Waals surface area contributed by atoms with E-state index in [2.05, 4.69) is 27.2 Å². The Hall–Kier alpha value is -5.69. The number of carbonyl (C=O) groups is 4. The van der Waals surface area contributed by atoms with E-state index in [0.29, 0.717) is 22.9 Å². The number of thioether (sulfide) groups is 1. The number of carbonyl (C=O) groups excluding carboxylic acids is 2. The van der Waals surface area contributed by atoms with Gasteiger partial charge in [-0.2, -0.15) is 0 Å². The summed E-state index contributed by atoms with van der Waals surface area (Å²) in [6.07, 6.45) is -9.69. The molecule has 2 aliphatic heterocycles. The monoisotopic (exact) mass is 860 g/mol. The average molecular weight is 861 g/mol. The first kappa shape index (κ1) is 43.9. The van der Waals surface area contributed by atoms with Crippen molar-refractivity contribution in [3.05, 3.63) is 84.9 Å². The van der Waals surface area contributed by atoms with E-state index in [1.807, 2.05) is 0 Å². The van der Waals surface area contributed by atoms with Gasteiger partial charge in [0.05, 0.1) is 38.1 Å². The highest BCUT2D eigenvalue weighted by molar-refractivity contribution is 8.00. The number of halogens is 2. The molecule has 320 valence electrons. The highest BCUT2D eigenvalue weighted by atomic mass is 32.2. The maximum Gasteiger partial charge on any atom is 0.311 e. The zero-order chi connectivity index (χ0) is 43.2. The molecule has 6 N–H and O–H groups in total. The standard InChI is InChI=1S/C37H38F2N6O14S/c1-17(57-28(51)11-9-26(48)49)35-32(53)30(45-15-23(41-43-45)19-5-3-7-21(39)13-19)34(55)37(59-35)60-36-33(54)29(31(52)24(58-36)16-56-27(50)10-8-25(46)47)44-14-22(40-42-44)18-4-2-6-20(38)12-18/h2-7,12-15,24,29-37,52-55H,1,8-11,16H2,(H,46,47)(H,48,49)/t24-,29+,30+,31+,32-,33-,34-,35-,36+,37+/m1/s1. The predicted molar refractivity (Wildman–Crippen MR) is 198 cm³/mol. The van der Waals surface area contributed by atoms with E-state index in [1.54, 1.807) is 6.07 Å². The Kier molecular flexibility index (Phi) is 14.0. The molecule has 2 fully saturated rings. The van der Waals surface area contributed by atoms with Crippen molar-refractivity contribution in [1.82, 2.24) is 30.0 Å². The number of aromatic nitrogens is 6. The van der Waals surface area contributed by atoms with Crippen LogP contribution in [0.1, 0.15) is 37.8 Å². The lowest BCUT2D eigenvalue weighted by Crippen LogP contribution is -2.58. The lowest BCUT2D eigenvalue weighted by molar-refractivity contribution is -0.192. The van der Waals surface area contributed by atoms with Gasteiger partial charge in [0, 0.05) is 11.1 Å². The number of rotatable bonds is 16.